The van der Waals surface area contributed by atoms with Crippen LogP contribution in [0.4, 0.5) is 4.39 Å². The van der Waals surface area contributed by atoms with Gasteiger partial charge in [-0.25, -0.2) is 4.39 Å². The molecule has 0 aliphatic heterocycles. The van der Waals surface area contributed by atoms with E-state index in [4.69, 9.17) is 11.6 Å². The zero-order valence-corrected chi connectivity index (χ0v) is 21.2. The van der Waals surface area contributed by atoms with Crippen LogP contribution < -0.4 is 0 Å². The predicted octanol–water partition coefficient (Wildman–Crippen LogP) is 10.1. The van der Waals surface area contributed by atoms with E-state index in [0.717, 1.165) is 58.2 Å². The maximum absolute atomic E-state index is 13.6. The van der Waals surface area contributed by atoms with E-state index in [1.165, 1.54) is 27.8 Å². The Bertz CT molecular complexity index is 1240. The smallest absolute Gasteiger partial charge is 0.123 e. The van der Waals surface area contributed by atoms with Crippen LogP contribution in [0.5, 0.6) is 0 Å². The summed E-state index contributed by atoms with van der Waals surface area (Å²) < 4.78 is 13.6. The van der Waals surface area contributed by atoms with Crippen molar-refractivity contribution in [1.82, 2.24) is 0 Å². The summed E-state index contributed by atoms with van der Waals surface area (Å²) in [4.78, 5) is 0. The highest BCUT2D eigenvalue weighted by atomic mass is 35.5. The van der Waals surface area contributed by atoms with Gasteiger partial charge in [0.25, 0.3) is 0 Å². The number of aryl methyl sites for hydroxylation is 1. The molecule has 0 unspecified atom stereocenters. The number of hydrogen-bond acceptors (Lipinski definition) is 0. The molecule has 0 amide bonds. The lowest BCUT2D eigenvalue weighted by Gasteiger charge is -2.20. The highest BCUT2D eigenvalue weighted by molar-refractivity contribution is 6.32. The second-order valence-electron chi connectivity index (χ2n) is 9.05. The second kappa shape index (κ2) is 11.0. The van der Waals surface area contributed by atoms with Crippen LogP contribution in [0.15, 0.2) is 72.3 Å². The van der Waals surface area contributed by atoms with Crippen molar-refractivity contribution < 1.29 is 4.39 Å². The van der Waals surface area contributed by atoms with Crippen LogP contribution in [0.1, 0.15) is 69.2 Å². The van der Waals surface area contributed by atoms with Gasteiger partial charge in [0.05, 0.1) is 0 Å². The molecular weight excluding hydrogens is 427 g/mol. The quantitative estimate of drug-likeness (QED) is 0.231. The molecule has 0 atom stereocenters. The van der Waals surface area contributed by atoms with Crippen LogP contribution in [-0.4, -0.2) is 0 Å². The van der Waals surface area contributed by atoms with Crippen molar-refractivity contribution in [3.05, 3.63) is 105 Å². The Labute approximate surface area is 203 Å². The molecule has 2 heteroatoms. The lowest BCUT2D eigenvalue weighted by atomic mass is 9.86. The van der Waals surface area contributed by atoms with Gasteiger partial charge in [0.2, 0.25) is 0 Å². The van der Waals surface area contributed by atoms with E-state index >= 15 is 0 Å². The molecule has 3 rings (SSSR count). The van der Waals surface area contributed by atoms with Crippen molar-refractivity contribution in [1.29, 1.82) is 0 Å². The van der Waals surface area contributed by atoms with E-state index in [1.54, 1.807) is 12.1 Å². The minimum Gasteiger partial charge on any atom is -0.207 e. The van der Waals surface area contributed by atoms with Crippen molar-refractivity contribution in [2.45, 2.75) is 60.3 Å². The molecule has 0 fully saturated rings. The van der Waals surface area contributed by atoms with Gasteiger partial charge in [-0.2, -0.15) is 0 Å². The van der Waals surface area contributed by atoms with E-state index < -0.39 is 0 Å². The van der Waals surface area contributed by atoms with E-state index in [0.29, 0.717) is 0 Å². The molecule has 0 aromatic heterocycles. The average molecular weight is 461 g/mol. The lowest BCUT2D eigenvalue weighted by Crippen LogP contribution is -1.99. The van der Waals surface area contributed by atoms with Crippen LogP contribution >= 0.6 is 11.6 Å². The van der Waals surface area contributed by atoms with E-state index in [-0.39, 0.29) is 5.82 Å². The first kappa shape index (κ1) is 25.0. The molecule has 0 N–H and O–H groups in total. The van der Waals surface area contributed by atoms with Crippen LogP contribution in [0.25, 0.3) is 21.9 Å². The second-order valence-corrected chi connectivity index (χ2v) is 9.46. The van der Waals surface area contributed by atoms with E-state index in [2.05, 4.69) is 52.5 Å². The van der Waals surface area contributed by atoms with Gasteiger partial charge in [0.15, 0.2) is 0 Å². The zero-order valence-electron chi connectivity index (χ0n) is 20.5. The number of halogens is 2. The molecule has 0 nitrogen and oxygen atoms in total. The Morgan fingerprint density at radius 1 is 1.03 bits per heavy atom. The first-order valence-corrected chi connectivity index (χ1v) is 12.1. The average Bonchev–Trinajstić information content (AvgIpc) is 2.76. The molecular formula is C31H34ClF. The summed E-state index contributed by atoms with van der Waals surface area (Å²) in [6.07, 6.45) is 6.39. The van der Waals surface area contributed by atoms with Gasteiger partial charge in [0, 0.05) is 10.6 Å². The number of fused-ring (bicyclic) bond motifs is 1. The third kappa shape index (κ3) is 5.65. The zero-order chi connectivity index (χ0) is 24.1. The third-order valence-corrected chi connectivity index (χ3v) is 6.68. The van der Waals surface area contributed by atoms with Crippen molar-refractivity contribution >= 4 is 33.5 Å². The molecule has 0 radical (unpaired) electrons. The summed E-state index contributed by atoms with van der Waals surface area (Å²) in [7, 11) is 0. The Morgan fingerprint density at radius 3 is 2.45 bits per heavy atom. The summed E-state index contributed by atoms with van der Waals surface area (Å²) in [5.74, 6) is -0.182. The minimum absolute atomic E-state index is 0.182. The summed E-state index contributed by atoms with van der Waals surface area (Å²) in [5, 5.41) is 2.90. The van der Waals surface area contributed by atoms with E-state index in [9.17, 15) is 4.39 Å². The van der Waals surface area contributed by atoms with Gasteiger partial charge in [0.1, 0.15) is 5.82 Å². The fourth-order valence-corrected chi connectivity index (χ4v) is 5.13. The number of benzene rings is 3. The Morgan fingerprint density at radius 2 is 1.79 bits per heavy atom. The van der Waals surface area contributed by atoms with Gasteiger partial charge in [-0.05, 0) is 117 Å². The molecule has 0 saturated heterocycles. The number of allylic oxidation sites excluding steroid dienone is 5. The molecule has 0 aliphatic rings. The number of hydrogen-bond donors (Lipinski definition) is 0. The standard InChI is InChI=1S/C31H34ClF/c1-7-23(27-17-18-29(32)31(22(27)6)30(20(2)3)21(4)5)11-8-9-12-24-13-10-14-25-19-26(33)15-16-28(24)25/h7,10,13-19H,2,8-9,11-12H2,1,3-6H3/b23-7-. The molecule has 3 aromatic carbocycles. The monoisotopic (exact) mass is 460 g/mol. The summed E-state index contributed by atoms with van der Waals surface area (Å²) >= 11 is 6.67. The maximum atomic E-state index is 13.6. The summed E-state index contributed by atoms with van der Waals surface area (Å²) in [6, 6.07) is 15.4. The summed E-state index contributed by atoms with van der Waals surface area (Å²) in [5.41, 5.74) is 9.62. The minimum atomic E-state index is -0.182. The fourth-order valence-electron chi connectivity index (χ4n) is 4.83. The molecule has 0 saturated carbocycles. The molecule has 172 valence electrons. The normalized spacial score (nSPS) is 11.7. The first-order chi connectivity index (χ1) is 15.7. The molecule has 0 spiro atoms. The van der Waals surface area contributed by atoms with Gasteiger partial charge in [-0.1, -0.05) is 65.7 Å². The topological polar surface area (TPSA) is 0 Å². The summed E-state index contributed by atoms with van der Waals surface area (Å²) in [6.45, 7) is 14.8. The van der Waals surface area contributed by atoms with Gasteiger partial charge in [-0.15, -0.1) is 0 Å². The van der Waals surface area contributed by atoms with Gasteiger partial charge >= 0.3 is 0 Å². The van der Waals surface area contributed by atoms with Crippen molar-refractivity contribution in [3.8, 4) is 0 Å². The number of unbranched alkanes of at least 4 members (excludes halogenated alkanes) is 1. The van der Waals surface area contributed by atoms with Crippen LogP contribution in [0, 0.1) is 12.7 Å². The third-order valence-electron chi connectivity index (χ3n) is 6.36. The fraction of sp³-hybridized carbons (Fsp3) is 0.290. The van der Waals surface area contributed by atoms with E-state index in [1.807, 2.05) is 31.2 Å². The Hall–Kier alpha value is -2.64. The molecule has 0 bridgehead atoms. The molecule has 0 heterocycles. The Balaban J connectivity index is 1.77. The van der Waals surface area contributed by atoms with Gasteiger partial charge in [-0.3, -0.25) is 0 Å². The first-order valence-electron chi connectivity index (χ1n) is 11.7. The molecule has 33 heavy (non-hydrogen) atoms. The predicted molar refractivity (Wildman–Crippen MR) is 144 cm³/mol. The lowest BCUT2D eigenvalue weighted by molar-refractivity contribution is 0.629. The van der Waals surface area contributed by atoms with Crippen LogP contribution in [-0.2, 0) is 6.42 Å². The van der Waals surface area contributed by atoms with Crippen molar-refractivity contribution in [2.75, 3.05) is 0 Å². The van der Waals surface area contributed by atoms with Crippen molar-refractivity contribution in [3.63, 3.8) is 0 Å². The Kier molecular flexibility index (Phi) is 8.32. The molecule has 3 aromatic rings. The number of rotatable bonds is 8. The van der Waals surface area contributed by atoms with Crippen LogP contribution in [0.2, 0.25) is 5.02 Å². The highest BCUT2D eigenvalue weighted by Crippen LogP contribution is 2.38. The van der Waals surface area contributed by atoms with Crippen LogP contribution in [0.3, 0.4) is 0 Å². The molecule has 0 aliphatic carbocycles. The highest BCUT2D eigenvalue weighted by Gasteiger charge is 2.16. The SMILES string of the molecule is C=C(C)C(=C(C)C)c1c(Cl)ccc(/C(=C\C)CCCCc2cccc3cc(F)ccc23)c1C. The van der Waals surface area contributed by atoms with Gasteiger partial charge < -0.3 is 0 Å². The van der Waals surface area contributed by atoms with Crippen molar-refractivity contribution in [2.24, 2.45) is 0 Å². The largest absolute Gasteiger partial charge is 0.207 e. The maximum Gasteiger partial charge on any atom is 0.123 e.